The first-order valence-corrected chi connectivity index (χ1v) is 8.14. The summed E-state index contributed by atoms with van der Waals surface area (Å²) in [5.74, 6) is -0.00900. The number of aromatic nitrogens is 2. The number of carbonyl (C=O) groups excluding carboxylic acids is 1. The first-order chi connectivity index (χ1) is 11.6. The largest absolute Gasteiger partial charge is 0.339 e. The van der Waals surface area contributed by atoms with Gasteiger partial charge in [0.25, 0.3) is 11.5 Å². The Morgan fingerprint density at radius 2 is 1.75 bits per heavy atom. The molecule has 24 heavy (non-hydrogen) atoms. The van der Waals surface area contributed by atoms with Crippen LogP contribution in [0.3, 0.4) is 0 Å². The van der Waals surface area contributed by atoms with Gasteiger partial charge in [-0.2, -0.15) is 0 Å². The number of aromatic amines is 1. The van der Waals surface area contributed by atoms with E-state index in [4.69, 9.17) is 0 Å². The lowest BCUT2D eigenvalue weighted by atomic mass is 10.1. The normalized spacial score (nSPS) is 16.2. The quantitative estimate of drug-likeness (QED) is 0.736. The van der Waals surface area contributed by atoms with E-state index in [0.717, 1.165) is 29.5 Å². The van der Waals surface area contributed by atoms with Gasteiger partial charge in [0.05, 0.1) is 16.4 Å². The maximum Gasteiger partial charge on any atom is 0.270 e. The molecule has 0 radical (unpaired) electrons. The van der Waals surface area contributed by atoms with Crippen molar-refractivity contribution >= 4 is 27.7 Å². The number of para-hydroxylation sites is 1. The number of aryl methyl sites for hydroxylation is 1. The summed E-state index contributed by atoms with van der Waals surface area (Å²) in [6, 6.07) is 9.41. The Balaban J connectivity index is 1.87. The molecule has 6 nitrogen and oxygen atoms in total. The highest BCUT2D eigenvalue weighted by molar-refractivity contribution is 6.07. The Labute approximate surface area is 139 Å². The molecule has 0 aliphatic carbocycles. The van der Waals surface area contributed by atoms with Gasteiger partial charge in [-0.3, -0.25) is 9.59 Å². The van der Waals surface area contributed by atoms with Gasteiger partial charge < -0.3 is 19.4 Å². The minimum Gasteiger partial charge on any atom is -0.339 e. The number of fused-ring (bicyclic) bond motifs is 3. The lowest BCUT2D eigenvalue weighted by molar-refractivity contribution is 0.0655. The first kappa shape index (κ1) is 15.0. The van der Waals surface area contributed by atoms with E-state index in [0.29, 0.717) is 24.2 Å². The lowest BCUT2D eigenvalue weighted by Crippen LogP contribution is -2.47. The second-order valence-electron chi connectivity index (χ2n) is 6.45. The number of hydrogen-bond donors (Lipinski definition) is 1. The highest BCUT2D eigenvalue weighted by atomic mass is 16.2. The molecule has 1 aromatic carbocycles. The fourth-order valence-electron chi connectivity index (χ4n) is 3.47. The fourth-order valence-corrected chi connectivity index (χ4v) is 3.47. The van der Waals surface area contributed by atoms with Gasteiger partial charge in [-0.15, -0.1) is 0 Å². The van der Waals surface area contributed by atoms with Crippen LogP contribution in [0, 0.1) is 0 Å². The summed E-state index contributed by atoms with van der Waals surface area (Å²) in [6.07, 6.45) is 0. The van der Waals surface area contributed by atoms with E-state index in [-0.39, 0.29) is 11.5 Å². The molecule has 2 aromatic heterocycles. The van der Waals surface area contributed by atoms with Gasteiger partial charge in [-0.05, 0) is 19.2 Å². The average molecular weight is 324 g/mol. The van der Waals surface area contributed by atoms with Crippen molar-refractivity contribution in [2.45, 2.75) is 0 Å². The second-order valence-corrected chi connectivity index (χ2v) is 6.45. The predicted octanol–water partition coefficient (Wildman–Crippen LogP) is 1.41. The van der Waals surface area contributed by atoms with Crippen molar-refractivity contribution in [1.82, 2.24) is 19.4 Å². The number of nitrogens with one attached hydrogen (secondary N) is 1. The molecule has 3 aromatic rings. The van der Waals surface area contributed by atoms with Crippen LogP contribution in [0.25, 0.3) is 21.8 Å². The summed E-state index contributed by atoms with van der Waals surface area (Å²) < 4.78 is 1.85. The van der Waals surface area contributed by atoms with Gasteiger partial charge in [0.2, 0.25) is 0 Å². The van der Waals surface area contributed by atoms with Gasteiger partial charge in [0.1, 0.15) is 5.69 Å². The molecule has 6 heteroatoms. The SMILES string of the molecule is CN1CCN(C(=O)c2cc3c(=O)[nH]c4ccccc4c3n2C)CC1. The molecular formula is C18H20N4O2. The van der Waals surface area contributed by atoms with Crippen LogP contribution in [-0.2, 0) is 7.05 Å². The number of amides is 1. The predicted molar refractivity (Wildman–Crippen MR) is 94.4 cm³/mol. The maximum absolute atomic E-state index is 12.9. The summed E-state index contributed by atoms with van der Waals surface area (Å²) in [4.78, 5) is 32.3. The molecule has 3 heterocycles. The molecule has 0 spiro atoms. The zero-order valence-corrected chi connectivity index (χ0v) is 13.9. The topological polar surface area (TPSA) is 61.3 Å². The van der Waals surface area contributed by atoms with Gasteiger partial charge in [-0.1, -0.05) is 18.2 Å². The van der Waals surface area contributed by atoms with Crippen LogP contribution < -0.4 is 5.56 Å². The maximum atomic E-state index is 12.9. The van der Waals surface area contributed by atoms with Crippen LogP contribution in [0.5, 0.6) is 0 Å². The Morgan fingerprint density at radius 1 is 1.04 bits per heavy atom. The first-order valence-electron chi connectivity index (χ1n) is 8.14. The Hall–Kier alpha value is -2.60. The van der Waals surface area contributed by atoms with Crippen molar-refractivity contribution in [3.8, 4) is 0 Å². The number of likely N-dealkylation sites (N-methyl/N-ethyl adjacent to an activating group) is 1. The van der Waals surface area contributed by atoms with Crippen LogP contribution in [0.15, 0.2) is 35.1 Å². The van der Waals surface area contributed by atoms with Crippen molar-refractivity contribution in [3.63, 3.8) is 0 Å². The molecule has 0 bridgehead atoms. The zero-order chi connectivity index (χ0) is 16.8. The lowest BCUT2D eigenvalue weighted by Gasteiger charge is -2.32. The van der Waals surface area contributed by atoms with Crippen molar-refractivity contribution < 1.29 is 4.79 Å². The third kappa shape index (κ3) is 2.22. The number of rotatable bonds is 1. The summed E-state index contributed by atoms with van der Waals surface area (Å²) in [7, 11) is 3.92. The molecule has 4 rings (SSSR count). The molecule has 124 valence electrons. The number of piperazine rings is 1. The van der Waals surface area contributed by atoms with Crippen LogP contribution in [-0.4, -0.2) is 58.5 Å². The van der Waals surface area contributed by atoms with Crippen molar-refractivity contribution in [2.24, 2.45) is 7.05 Å². The van der Waals surface area contributed by atoms with Gasteiger partial charge in [0.15, 0.2) is 0 Å². The van der Waals surface area contributed by atoms with Crippen LogP contribution in [0.1, 0.15) is 10.5 Å². The van der Waals surface area contributed by atoms with Crippen LogP contribution >= 0.6 is 0 Å². The van der Waals surface area contributed by atoms with Crippen LogP contribution in [0.2, 0.25) is 0 Å². The Bertz CT molecular complexity index is 993. The molecule has 1 N–H and O–H groups in total. The number of pyridine rings is 1. The number of H-pyrrole nitrogens is 1. The van der Waals surface area contributed by atoms with Gasteiger partial charge in [0, 0.05) is 38.6 Å². The standard InChI is InChI=1S/C18H20N4O2/c1-20-7-9-22(10-8-20)18(24)15-11-13-16(21(15)2)12-5-3-4-6-14(12)19-17(13)23/h3-6,11H,7-10H2,1-2H3,(H,19,23). The fraction of sp³-hybridized carbons (Fsp3) is 0.333. The van der Waals surface area contributed by atoms with E-state index in [1.54, 1.807) is 6.07 Å². The Morgan fingerprint density at radius 3 is 2.50 bits per heavy atom. The van der Waals surface area contributed by atoms with E-state index < -0.39 is 0 Å². The minimum atomic E-state index is -0.156. The smallest absolute Gasteiger partial charge is 0.270 e. The third-order valence-electron chi connectivity index (χ3n) is 4.92. The highest BCUT2D eigenvalue weighted by Gasteiger charge is 2.24. The zero-order valence-electron chi connectivity index (χ0n) is 13.9. The molecule has 1 saturated heterocycles. The molecule has 1 fully saturated rings. The molecule has 0 unspecified atom stereocenters. The molecule has 0 saturated carbocycles. The van der Waals surface area contributed by atoms with E-state index in [9.17, 15) is 9.59 Å². The summed E-state index contributed by atoms with van der Waals surface area (Å²) >= 11 is 0. The number of hydrogen-bond acceptors (Lipinski definition) is 3. The molecule has 1 aliphatic heterocycles. The average Bonchev–Trinajstić information content (AvgIpc) is 2.94. The minimum absolute atomic E-state index is 0.00900. The number of nitrogens with zero attached hydrogens (tertiary/aromatic N) is 3. The molecule has 1 amide bonds. The Kier molecular flexibility index (Phi) is 3.42. The molecule has 1 aliphatic rings. The summed E-state index contributed by atoms with van der Waals surface area (Å²) in [5.41, 5.74) is 2.01. The van der Waals surface area contributed by atoms with Gasteiger partial charge in [-0.25, -0.2) is 0 Å². The molecular weight excluding hydrogens is 304 g/mol. The number of carbonyl (C=O) groups is 1. The third-order valence-corrected chi connectivity index (χ3v) is 4.92. The van der Waals surface area contributed by atoms with E-state index >= 15 is 0 Å². The van der Waals surface area contributed by atoms with Crippen molar-refractivity contribution in [3.05, 3.63) is 46.4 Å². The highest BCUT2D eigenvalue weighted by Crippen LogP contribution is 2.24. The van der Waals surface area contributed by atoms with E-state index in [2.05, 4.69) is 16.9 Å². The number of benzene rings is 1. The van der Waals surface area contributed by atoms with E-state index in [1.165, 1.54) is 0 Å². The van der Waals surface area contributed by atoms with Crippen molar-refractivity contribution in [2.75, 3.05) is 33.2 Å². The summed E-state index contributed by atoms with van der Waals surface area (Å²) in [6.45, 7) is 3.18. The molecule has 0 atom stereocenters. The van der Waals surface area contributed by atoms with Gasteiger partial charge >= 0.3 is 0 Å². The monoisotopic (exact) mass is 324 g/mol. The summed E-state index contributed by atoms with van der Waals surface area (Å²) in [5, 5.41) is 1.51. The van der Waals surface area contributed by atoms with Crippen molar-refractivity contribution in [1.29, 1.82) is 0 Å². The van der Waals surface area contributed by atoms with E-state index in [1.807, 2.05) is 40.8 Å². The van der Waals surface area contributed by atoms with Crippen LogP contribution in [0.4, 0.5) is 0 Å². The second kappa shape index (κ2) is 5.49.